The van der Waals surface area contributed by atoms with Gasteiger partial charge in [-0.1, -0.05) is 6.92 Å². The predicted molar refractivity (Wildman–Crippen MR) is 73.8 cm³/mol. The van der Waals surface area contributed by atoms with E-state index in [0.717, 1.165) is 12.5 Å². The Bertz CT molecular complexity index is 491. The zero-order valence-corrected chi connectivity index (χ0v) is 11.6. The number of carbonyl (C=O) groups is 2. The van der Waals surface area contributed by atoms with E-state index in [1.54, 1.807) is 6.92 Å². The lowest BCUT2D eigenvalue weighted by molar-refractivity contribution is -0.119. The summed E-state index contributed by atoms with van der Waals surface area (Å²) >= 11 is 0. The molecule has 0 bridgehead atoms. The average molecular weight is 282 g/mol. The number of hydrogen-bond acceptors (Lipinski definition) is 4. The monoisotopic (exact) mass is 282 g/mol. The third-order valence-electron chi connectivity index (χ3n) is 2.93. The van der Waals surface area contributed by atoms with Crippen molar-refractivity contribution in [3.8, 4) is 0 Å². The van der Waals surface area contributed by atoms with E-state index < -0.39 is 11.8 Å². The Morgan fingerprint density at radius 1 is 1.45 bits per heavy atom. The average Bonchev–Trinajstić information content (AvgIpc) is 2.45. The van der Waals surface area contributed by atoms with E-state index in [-0.39, 0.29) is 23.1 Å². The second kappa shape index (κ2) is 7.59. The Morgan fingerprint density at radius 3 is 2.75 bits per heavy atom. The Labute approximate surface area is 117 Å². The third kappa shape index (κ3) is 4.31. The highest BCUT2D eigenvalue weighted by Gasteiger charge is 2.18. The fourth-order valence-corrected chi connectivity index (χ4v) is 1.72. The van der Waals surface area contributed by atoms with Gasteiger partial charge in [0.1, 0.15) is 5.82 Å². The Kier molecular flexibility index (Phi) is 6.11. The van der Waals surface area contributed by atoms with Gasteiger partial charge in [0.05, 0.1) is 18.4 Å². The number of halogens is 1. The lowest BCUT2D eigenvalue weighted by Gasteiger charge is -2.14. The molecule has 0 radical (unpaired) electrons. The number of nitrogens with two attached hydrogens (primary N) is 1. The molecule has 0 aliphatic carbocycles. The number of benzene rings is 1. The molecule has 0 saturated heterocycles. The summed E-state index contributed by atoms with van der Waals surface area (Å²) in [7, 11) is 1.20. The van der Waals surface area contributed by atoms with Crippen LogP contribution < -0.4 is 11.1 Å². The zero-order chi connectivity index (χ0) is 15.1. The van der Waals surface area contributed by atoms with Gasteiger partial charge in [0.15, 0.2) is 0 Å². The van der Waals surface area contributed by atoms with Crippen LogP contribution >= 0.6 is 0 Å². The summed E-state index contributed by atoms with van der Waals surface area (Å²) in [5.74, 6) is -1.75. The summed E-state index contributed by atoms with van der Waals surface area (Å²) < 4.78 is 17.7. The molecular weight excluding hydrogens is 263 g/mol. The second-order valence-corrected chi connectivity index (χ2v) is 4.50. The van der Waals surface area contributed by atoms with E-state index in [9.17, 15) is 14.0 Å². The SMILES string of the molecule is COC(=O)c1cc(F)ccc1NC(=O)C(C)CCCN. The van der Waals surface area contributed by atoms with Crippen LogP contribution in [0.1, 0.15) is 30.1 Å². The molecule has 5 nitrogen and oxygen atoms in total. The van der Waals surface area contributed by atoms with Crippen LogP contribution in [0, 0.1) is 11.7 Å². The molecule has 3 N–H and O–H groups in total. The van der Waals surface area contributed by atoms with E-state index in [1.165, 1.54) is 19.2 Å². The number of anilines is 1. The van der Waals surface area contributed by atoms with Crippen molar-refractivity contribution in [2.24, 2.45) is 11.7 Å². The van der Waals surface area contributed by atoms with Gasteiger partial charge in [-0.3, -0.25) is 4.79 Å². The molecule has 1 atom stereocenters. The molecule has 1 aromatic carbocycles. The zero-order valence-electron chi connectivity index (χ0n) is 11.6. The van der Waals surface area contributed by atoms with Gasteiger partial charge in [-0.15, -0.1) is 0 Å². The number of amides is 1. The van der Waals surface area contributed by atoms with Crippen LogP contribution in [0.4, 0.5) is 10.1 Å². The lowest BCUT2D eigenvalue weighted by Crippen LogP contribution is -2.22. The summed E-state index contributed by atoms with van der Waals surface area (Å²) in [6, 6.07) is 3.55. The minimum atomic E-state index is -0.700. The second-order valence-electron chi connectivity index (χ2n) is 4.50. The molecule has 0 aromatic heterocycles. The largest absolute Gasteiger partial charge is 0.465 e. The van der Waals surface area contributed by atoms with Crippen LogP contribution in [-0.4, -0.2) is 25.5 Å². The van der Waals surface area contributed by atoms with Gasteiger partial charge in [0, 0.05) is 5.92 Å². The van der Waals surface area contributed by atoms with Crippen LogP contribution in [0.15, 0.2) is 18.2 Å². The van der Waals surface area contributed by atoms with Crippen LogP contribution in [0.3, 0.4) is 0 Å². The summed E-state index contributed by atoms with van der Waals surface area (Å²) in [6.07, 6.45) is 1.39. The van der Waals surface area contributed by atoms with Crippen molar-refractivity contribution in [3.63, 3.8) is 0 Å². The number of ether oxygens (including phenoxy) is 1. The molecule has 0 fully saturated rings. The van der Waals surface area contributed by atoms with E-state index in [4.69, 9.17) is 5.73 Å². The minimum absolute atomic E-state index is 0.00752. The Balaban J connectivity index is 2.86. The Hall–Kier alpha value is -1.95. The standard InChI is InChI=1S/C14H19FN2O3/c1-9(4-3-7-16)13(18)17-12-6-5-10(15)8-11(12)14(19)20-2/h5-6,8-9H,3-4,7,16H2,1-2H3,(H,17,18). The van der Waals surface area contributed by atoms with Gasteiger partial charge in [-0.25, -0.2) is 9.18 Å². The molecule has 0 heterocycles. The molecule has 0 spiro atoms. The summed E-state index contributed by atoms with van der Waals surface area (Å²) in [5, 5.41) is 2.61. The van der Waals surface area contributed by atoms with E-state index in [2.05, 4.69) is 10.1 Å². The molecule has 110 valence electrons. The van der Waals surface area contributed by atoms with E-state index >= 15 is 0 Å². The molecular formula is C14H19FN2O3. The number of methoxy groups -OCH3 is 1. The van der Waals surface area contributed by atoms with Gasteiger partial charge in [-0.05, 0) is 37.6 Å². The van der Waals surface area contributed by atoms with Crippen molar-refractivity contribution in [1.82, 2.24) is 0 Å². The van der Waals surface area contributed by atoms with Crippen LogP contribution in [0.2, 0.25) is 0 Å². The van der Waals surface area contributed by atoms with Gasteiger partial charge < -0.3 is 15.8 Å². The van der Waals surface area contributed by atoms with Crippen LogP contribution in [0.25, 0.3) is 0 Å². The summed E-state index contributed by atoms with van der Waals surface area (Å²) in [4.78, 5) is 23.5. The number of carbonyl (C=O) groups excluding carboxylic acids is 2. The molecule has 1 amide bonds. The molecule has 20 heavy (non-hydrogen) atoms. The maximum absolute atomic E-state index is 13.2. The molecule has 0 saturated carbocycles. The third-order valence-corrected chi connectivity index (χ3v) is 2.93. The Morgan fingerprint density at radius 2 is 2.15 bits per heavy atom. The molecule has 1 unspecified atom stereocenters. The van der Waals surface area contributed by atoms with Crippen molar-refractivity contribution < 1.29 is 18.7 Å². The first-order valence-electron chi connectivity index (χ1n) is 6.38. The topological polar surface area (TPSA) is 81.4 Å². The van der Waals surface area contributed by atoms with Gasteiger partial charge >= 0.3 is 5.97 Å². The highest BCUT2D eigenvalue weighted by molar-refractivity contribution is 6.01. The lowest BCUT2D eigenvalue weighted by atomic mass is 10.0. The smallest absolute Gasteiger partial charge is 0.340 e. The van der Waals surface area contributed by atoms with E-state index in [0.29, 0.717) is 13.0 Å². The summed E-state index contributed by atoms with van der Waals surface area (Å²) in [6.45, 7) is 2.29. The number of esters is 1. The first-order chi connectivity index (χ1) is 9.49. The first kappa shape index (κ1) is 16.1. The molecule has 1 rings (SSSR count). The first-order valence-corrected chi connectivity index (χ1v) is 6.38. The fourth-order valence-electron chi connectivity index (χ4n) is 1.72. The van der Waals surface area contributed by atoms with Gasteiger partial charge in [-0.2, -0.15) is 0 Å². The highest BCUT2D eigenvalue weighted by Crippen LogP contribution is 2.19. The number of hydrogen-bond donors (Lipinski definition) is 2. The van der Waals surface area contributed by atoms with Gasteiger partial charge in [0.2, 0.25) is 5.91 Å². The fraction of sp³-hybridized carbons (Fsp3) is 0.429. The van der Waals surface area contributed by atoms with Crippen molar-refractivity contribution >= 4 is 17.6 Å². The molecule has 6 heteroatoms. The normalized spacial score (nSPS) is 11.8. The van der Waals surface area contributed by atoms with Crippen molar-refractivity contribution in [3.05, 3.63) is 29.6 Å². The van der Waals surface area contributed by atoms with Crippen molar-refractivity contribution in [2.45, 2.75) is 19.8 Å². The number of nitrogens with one attached hydrogen (secondary N) is 1. The van der Waals surface area contributed by atoms with Gasteiger partial charge in [0.25, 0.3) is 0 Å². The van der Waals surface area contributed by atoms with Crippen LogP contribution in [0.5, 0.6) is 0 Å². The van der Waals surface area contributed by atoms with Crippen molar-refractivity contribution in [2.75, 3.05) is 19.0 Å². The quantitative estimate of drug-likeness (QED) is 0.781. The summed E-state index contributed by atoms with van der Waals surface area (Å²) in [5.41, 5.74) is 5.62. The number of rotatable bonds is 6. The predicted octanol–water partition coefficient (Wildman–Crippen LogP) is 1.93. The van der Waals surface area contributed by atoms with E-state index in [1.807, 2.05) is 0 Å². The molecule has 1 aromatic rings. The van der Waals surface area contributed by atoms with Crippen LogP contribution in [-0.2, 0) is 9.53 Å². The molecule has 0 aliphatic rings. The minimum Gasteiger partial charge on any atom is -0.465 e. The maximum Gasteiger partial charge on any atom is 0.340 e. The molecule has 0 aliphatic heterocycles. The maximum atomic E-state index is 13.2. The highest BCUT2D eigenvalue weighted by atomic mass is 19.1. The van der Waals surface area contributed by atoms with Crippen molar-refractivity contribution in [1.29, 1.82) is 0 Å².